The van der Waals surface area contributed by atoms with Gasteiger partial charge in [-0.15, -0.1) is 0 Å². The molecule has 3 nitrogen and oxygen atoms in total. The molecule has 0 saturated carbocycles. The molecule has 0 rings (SSSR count). The molecule has 0 atom stereocenters. The summed E-state index contributed by atoms with van der Waals surface area (Å²) in [5, 5.41) is 24.6. The molecule has 87 valence electrons. The van der Waals surface area contributed by atoms with Crippen molar-refractivity contribution in [1.29, 1.82) is 0 Å². The SMILES string of the molecule is CC(C)(C)O.CC(C)(C)O.CCO.[Al]. The van der Waals surface area contributed by atoms with Gasteiger partial charge in [0.15, 0.2) is 0 Å². The van der Waals surface area contributed by atoms with Crippen LogP contribution >= 0.6 is 0 Å². The van der Waals surface area contributed by atoms with Crippen molar-refractivity contribution in [3.63, 3.8) is 0 Å². The van der Waals surface area contributed by atoms with Crippen LogP contribution in [-0.2, 0) is 0 Å². The molecule has 0 spiro atoms. The molecule has 0 aliphatic heterocycles. The Bertz CT molecular complexity index is 68.5. The summed E-state index contributed by atoms with van der Waals surface area (Å²) in [6, 6.07) is 0. The Morgan fingerprint density at radius 1 is 0.786 bits per heavy atom. The third kappa shape index (κ3) is 9500. The molecule has 0 aromatic carbocycles. The van der Waals surface area contributed by atoms with Crippen molar-refractivity contribution in [2.75, 3.05) is 6.61 Å². The maximum absolute atomic E-state index is 8.52. The molecule has 4 heteroatoms. The van der Waals surface area contributed by atoms with Gasteiger partial charge in [-0.3, -0.25) is 0 Å². The first-order valence-electron chi connectivity index (χ1n) is 4.47. The van der Waals surface area contributed by atoms with Gasteiger partial charge in [0, 0.05) is 24.0 Å². The highest BCUT2D eigenvalue weighted by Crippen LogP contribution is 1.93. The van der Waals surface area contributed by atoms with Crippen molar-refractivity contribution in [2.45, 2.75) is 59.7 Å². The summed E-state index contributed by atoms with van der Waals surface area (Å²) < 4.78 is 0. The highest BCUT2D eigenvalue weighted by atomic mass is 27.0. The van der Waals surface area contributed by atoms with Crippen LogP contribution in [0.4, 0.5) is 0 Å². The van der Waals surface area contributed by atoms with Crippen molar-refractivity contribution in [3.05, 3.63) is 0 Å². The lowest BCUT2D eigenvalue weighted by Gasteiger charge is -2.04. The van der Waals surface area contributed by atoms with E-state index in [1.54, 1.807) is 48.5 Å². The van der Waals surface area contributed by atoms with Crippen molar-refractivity contribution in [1.82, 2.24) is 0 Å². The van der Waals surface area contributed by atoms with Crippen molar-refractivity contribution in [2.24, 2.45) is 0 Å². The van der Waals surface area contributed by atoms with Gasteiger partial charge in [-0.1, -0.05) is 0 Å². The molecular formula is C10H26AlO3. The zero-order valence-corrected chi connectivity index (χ0v) is 11.8. The van der Waals surface area contributed by atoms with Crippen molar-refractivity contribution >= 4 is 17.4 Å². The Labute approximate surface area is 99.3 Å². The molecule has 0 fully saturated rings. The first-order chi connectivity index (χ1) is 5.41. The Balaban J connectivity index is -0.0000000535. The Morgan fingerprint density at radius 3 is 0.786 bits per heavy atom. The van der Waals surface area contributed by atoms with E-state index in [1.807, 2.05) is 0 Å². The lowest BCUT2D eigenvalue weighted by molar-refractivity contribution is 0.101. The summed E-state index contributed by atoms with van der Waals surface area (Å²) in [5.41, 5.74) is -1.00. The molecule has 3 N–H and O–H groups in total. The summed E-state index contributed by atoms with van der Waals surface area (Å²) in [5.74, 6) is 0. The van der Waals surface area contributed by atoms with E-state index in [0.29, 0.717) is 0 Å². The fourth-order valence-electron chi connectivity index (χ4n) is 0. The van der Waals surface area contributed by atoms with Gasteiger partial charge in [-0.2, -0.15) is 0 Å². The van der Waals surface area contributed by atoms with E-state index in [4.69, 9.17) is 15.3 Å². The quantitative estimate of drug-likeness (QED) is 0.538. The molecule has 0 aromatic heterocycles. The zero-order chi connectivity index (χ0) is 11.7. The second kappa shape index (κ2) is 11.5. The van der Waals surface area contributed by atoms with E-state index in [-0.39, 0.29) is 24.0 Å². The van der Waals surface area contributed by atoms with E-state index >= 15 is 0 Å². The number of hydrogen-bond donors (Lipinski definition) is 3. The van der Waals surface area contributed by atoms with Crippen molar-refractivity contribution in [3.8, 4) is 0 Å². The molecule has 0 bridgehead atoms. The molecule has 0 aliphatic carbocycles. The molecule has 0 aromatic rings. The van der Waals surface area contributed by atoms with Crippen LogP contribution < -0.4 is 0 Å². The minimum Gasteiger partial charge on any atom is -0.397 e. The van der Waals surface area contributed by atoms with Crippen molar-refractivity contribution < 1.29 is 15.3 Å². The van der Waals surface area contributed by atoms with Crippen LogP contribution in [0.1, 0.15) is 48.5 Å². The van der Waals surface area contributed by atoms with E-state index in [9.17, 15) is 0 Å². The minimum atomic E-state index is -0.500. The Kier molecular flexibility index (Phi) is 19.6. The average molecular weight is 221 g/mol. The number of hydrogen-bond acceptors (Lipinski definition) is 3. The van der Waals surface area contributed by atoms with Crippen LogP contribution in [0.25, 0.3) is 0 Å². The Hall–Kier alpha value is 0.412. The fourth-order valence-corrected chi connectivity index (χ4v) is 0. The highest BCUT2D eigenvalue weighted by molar-refractivity contribution is 5.75. The predicted molar refractivity (Wildman–Crippen MR) is 62.5 cm³/mol. The average Bonchev–Trinajstić information content (AvgIpc) is 1.52. The van der Waals surface area contributed by atoms with Gasteiger partial charge in [0.1, 0.15) is 0 Å². The monoisotopic (exact) mass is 221 g/mol. The van der Waals surface area contributed by atoms with Gasteiger partial charge in [0.2, 0.25) is 0 Å². The van der Waals surface area contributed by atoms with E-state index in [0.717, 1.165) is 0 Å². The largest absolute Gasteiger partial charge is 0.397 e. The molecular weight excluding hydrogens is 195 g/mol. The lowest BCUT2D eigenvalue weighted by atomic mass is 10.2. The number of aliphatic hydroxyl groups excluding tert-OH is 1. The van der Waals surface area contributed by atoms with Gasteiger partial charge >= 0.3 is 0 Å². The second-order valence-corrected chi connectivity index (χ2v) is 4.66. The predicted octanol–water partition coefficient (Wildman–Crippen LogP) is 1.17. The molecule has 0 amide bonds. The number of aliphatic hydroxyl groups is 3. The van der Waals surface area contributed by atoms with Gasteiger partial charge in [0.05, 0.1) is 11.2 Å². The van der Waals surface area contributed by atoms with Crippen LogP contribution in [0.15, 0.2) is 0 Å². The van der Waals surface area contributed by atoms with E-state index in [2.05, 4.69) is 0 Å². The van der Waals surface area contributed by atoms with Crippen LogP contribution in [0, 0.1) is 0 Å². The van der Waals surface area contributed by atoms with E-state index < -0.39 is 11.2 Å². The first-order valence-corrected chi connectivity index (χ1v) is 4.47. The molecule has 0 saturated heterocycles. The molecule has 0 heterocycles. The third-order valence-corrected chi connectivity index (χ3v) is 0. The topological polar surface area (TPSA) is 60.7 Å². The third-order valence-electron chi connectivity index (χ3n) is 0. The van der Waals surface area contributed by atoms with Gasteiger partial charge in [0.25, 0.3) is 0 Å². The maximum Gasteiger partial charge on any atom is 0.0563 e. The zero-order valence-electron chi connectivity index (χ0n) is 10.6. The standard InChI is InChI=1S/2C4H10O.C2H6O.Al/c2*1-4(2,3)5;1-2-3;/h2*5H,1-3H3;3H,2H2,1H3;. The van der Waals surface area contributed by atoms with E-state index in [1.165, 1.54) is 0 Å². The maximum atomic E-state index is 8.52. The molecule has 0 unspecified atom stereocenters. The minimum absolute atomic E-state index is 0. The van der Waals surface area contributed by atoms with Crippen LogP contribution in [-0.4, -0.2) is 50.5 Å². The molecule has 14 heavy (non-hydrogen) atoms. The fraction of sp³-hybridized carbons (Fsp3) is 1.00. The van der Waals surface area contributed by atoms with Crippen LogP contribution in [0.3, 0.4) is 0 Å². The molecule has 0 aliphatic rings. The van der Waals surface area contributed by atoms with Crippen LogP contribution in [0.5, 0.6) is 0 Å². The summed E-state index contributed by atoms with van der Waals surface area (Å²) in [7, 11) is 0. The normalized spacial score (nSPS) is 9.86. The Morgan fingerprint density at radius 2 is 0.786 bits per heavy atom. The summed E-state index contributed by atoms with van der Waals surface area (Å²) in [6.45, 7) is 12.4. The molecule has 3 radical (unpaired) electrons. The number of rotatable bonds is 0. The van der Waals surface area contributed by atoms with Gasteiger partial charge < -0.3 is 15.3 Å². The highest BCUT2D eigenvalue weighted by Gasteiger charge is 1.98. The van der Waals surface area contributed by atoms with Gasteiger partial charge in [-0.25, -0.2) is 0 Å². The summed E-state index contributed by atoms with van der Waals surface area (Å²) in [6.07, 6.45) is 0. The summed E-state index contributed by atoms with van der Waals surface area (Å²) in [4.78, 5) is 0. The summed E-state index contributed by atoms with van der Waals surface area (Å²) >= 11 is 0. The van der Waals surface area contributed by atoms with Crippen LogP contribution in [0.2, 0.25) is 0 Å². The lowest BCUT2D eigenvalue weighted by Crippen LogP contribution is -2.10. The first kappa shape index (κ1) is 23.9. The second-order valence-electron chi connectivity index (χ2n) is 4.66. The van der Waals surface area contributed by atoms with Gasteiger partial charge in [-0.05, 0) is 48.5 Å². The smallest absolute Gasteiger partial charge is 0.0563 e.